The Labute approximate surface area is 140 Å². The van der Waals surface area contributed by atoms with Crippen LogP contribution in [0.25, 0.3) is 0 Å². The number of primary amides is 1. The minimum atomic E-state index is -0.815. The van der Waals surface area contributed by atoms with Crippen LogP contribution in [0.2, 0.25) is 10.0 Å². The average molecular weight is 337 g/mol. The molecule has 2 aromatic rings. The van der Waals surface area contributed by atoms with Gasteiger partial charge >= 0.3 is 0 Å². The lowest BCUT2D eigenvalue weighted by molar-refractivity contribution is -0.120. The summed E-state index contributed by atoms with van der Waals surface area (Å²) in [5, 5.41) is 0.966. The number of carbonyl (C=O) groups excluding carboxylic acids is 1. The van der Waals surface area contributed by atoms with Crippen molar-refractivity contribution in [3.8, 4) is 0 Å². The van der Waals surface area contributed by atoms with Gasteiger partial charge in [0.05, 0.1) is 16.1 Å². The maximum Gasteiger partial charge on any atom is 0.235 e. The van der Waals surface area contributed by atoms with Gasteiger partial charge in [0.25, 0.3) is 0 Å². The summed E-state index contributed by atoms with van der Waals surface area (Å²) in [6.45, 7) is 1.93. The first-order valence-electron chi connectivity index (χ1n) is 6.89. The Morgan fingerprint density at radius 2 is 1.77 bits per heavy atom. The molecule has 3 nitrogen and oxygen atoms in total. The molecular formula is C17H18Cl2N2O. The second-order valence-electron chi connectivity index (χ2n) is 5.59. The first kappa shape index (κ1) is 16.8. The molecule has 116 valence electrons. The fraction of sp³-hybridized carbons (Fsp3) is 0.235. The van der Waals surface area contributed by atoms with Gasteiger partial charge < -0.3 is 11.5 Å². The molecule has 0 aliphatic heterocycles. The van der Waals surface area contributed by atoms with E-state index >= 15 is 0 Å². The summed E-state index contributed by atoms with van der Waals surface area (Å²) in [7, 11) is 0. The van der Waals surface area contributed by atoms with E-state index in [-0.39, 0.29) is 0 Å². The molecule has 0 radical (unpaired) electrons. The molecule has 2 aromatic carbocycles. The molecular weight excluding hydrogens is 319 g/mol. The van der Waals surface area contributed by atoms with Crippen molar-refractivity contribution in [2.75, 3.05) is 0 Å². The maximum atomic E-state index is 11.7. The summed E-state index contributed by atoms with van der Waals surface area (Å²) in [5.41, 5.74) is 12.8. The van der Waals surface area contributed by atoms with Gasteiger partial charge in [0.2, 0.25) is 5.91 Å². The van der Waals surface area contributed by atoms with E-state index in [2.05, 4.69) is 0 Å². The minimum Gasteiger partial charge on any atom is -0.368 e. The highest BCUT2D eigenvalue weighted by Gasteiger charge is 2.37. The molecule has 0 fully saturated rings. The molecule has 5 heteroatoms. The fourth-order valence-corrected chi connectivity index (χ4v) is 2.92. The number of carbonyl (C=O) groups is 1. The van der Waals surface area contributed by atoms with E-state index in [0.29, 0.717) is 16.5 Å². The van der Waals surface area contributed by atoms with Crippen molar-refractivity contribution >= 4 is 29.1 Å². The highest BCUT2D eigenvalue weighted by atomic mass is 35.5. The van der Waals surface area contributed by atoms with Crippen LogP contribution in [0.15, 0.2) is 48.5 Å². The lowest BCUT2D eigenvalue weighted by Gasteiger charge is -2.34. The van der Waals surface area contributed by atoms with Gasteiger partial charge in [-0.05, 0) is 29.7 Å². The summed E-state index contributed by atoms with van der Waals surface area (Å²) in [6.07, 6.45) is 0.526. The molecule has 0 aliphatic carbocycles. The quantitative estimate of drug-likeness (QED) is 0.879. The topological polar surface area (TPSA) is 69.1 Å². The van der Waals surface area contributed by atoms with Crippen molar-refractivity contribution in [3.63, 3.8) is 0 Å². The largest absolute Gasteiger partial charge is 0.368 e. The molecule has 22 heavy (non-hydrogen) atoms. The predicted octanol–water partition coefficient (Wildman–Crippen LogP) is 3.31. The van der Waals surface area contributed by atoms with Crippen LogP contribution in [0.5, 0.6) is 0 Å². The van der Waals surface area contributed by atoms with E-state index in [1.165, 1.54) is 0 Å². The smallest absolute Gasteiger partial charge is 0.235 e. The van der Waals surface area contributed by atoms with Gasteiger partial charge in [-0.25, -0.2) is 0 Å². The SMILES string of the molecule is CC(Cc1ccc(Cl)c(Cl)c1)(c1ccccc1)C(N)C(N)=O. The summed E-state index contributed by atoms with van der Waals surface area (Å²) >= 11 is 12.0. The van der Waals surface area contributed by atoms with Crippen LogP contribution in [-0.2, 0) is 16.6 Å². The van der Waals surface area contributed by atoms with Crippen molar-refractivity contribution in [2.45, 2.75) is 24.8 Å². The van der Waals surface area contributed by atoms with Crippen LogP contribution < -0.4 is 11.5 Å². The van der Waals surface area contributed by atoms with E-state index < -0.39 is 17.4 Å². The zero-order valence-electron chi connectivity index (χ0n) is 12.2. The summed E-state index contributed by atoms with van der Waals surface area (Å²) < 4.78 is 0. The van der Waals surface area contributed by atoms with Gasteiger partial charge in [0.1, 0.15) is 0 Å². The van der Waals surface area contributed by atoms with Gasteiger partial charge in [-0.2, -0.15) is 0 Å². The minimum absolute atomic E-state index is 0.474. The number of rotatable bonds is 5. The van der Waals surface area contributed by atoms with Gasteiger partial charge in [-0.15, -0.1) is 0 Å². The Balaban J connectivity index is 2.45. The molecule has 0 saturated heterocycles. The number of benzene rings is 2. The van der Waals surface area contributed by atoms with Gasteiger partial charge in [-0.1, -0.05) is 66.5 Å². The average Bonchev–Trinajstić information content (AvgIpc) is 2.51. The lowest BCUT2D eigenvalue weighted by atomic mass is 9.71. The third-order valence-electron chi connectivity index (χ3n) is 3.98. The van der Waals surface area contributed by atoms with E-state index in [0.717, 1.165) is 11.1 Å². The second kappa shape index (κ2) is 6.69. The number of amides is 1. The monoisotopic (exact) mass is 336 g/mol. The number of hydrogen-bond acceptors (Lipinski definition) is 2. The Hall–Kier alpha value is -1.55. The van der Waals surface area contributed by atoms with E-state index in [1.54, 1.807) is 12.1 Å². The number of nitrogens with two attached hydrogens (primary N) is 2. The molecule has 0 aliphatic rings. The van der Waals surface area contributed by atoms with Crippen molar-refractivity contribution in [3.05, 3.63) is 69.7 Å². The summed E-state index contributed by atoms with van der Waals surface area (Å²) in [6, 6.07) is 14.2. The maximum absolute atomic E-state index is 11.7. The highest BCUT2D eigenvalue weighted by molar-refractivity contribution is 6.42. The van der Waals surface area contributed by atoms with Gasteiger partial charge in [-0.3, -0.25) is 4.79 Å². The van der Waals surface area contributed by atoms with E-state index in [1.807, 2.05) is 43.3 Å². The van der Waals surface area contributed by atoms with Crippen LogP contribution >= 0.6 is 23.2 Å². The van der Waals surface area contributed by atoms with Crippen LogP contribution in [0.1, 0.15) is 18.1 Å². The van der Waals surface area contributed by atoms with Gasteiger partial charge in [0.15, 0.2) is 0 Å². The Morgan fingerprint density at radius 3 is 2.32 bits per heavy atom. The molecule has 4 N–H and O–H groups in total. The van der Waals surface area contributed by atoms with Crippen molar-refractivity contribution in [1.82, 2.24) is 0 Å². The van der Waals surface area contributed by atoms with Crippen LogP contribution in [0.3, 0.4) is 0 Å². The third-order valence-corrected chi connectivity index (χ3v) is 4.72. The predicted molar refractivity (Wildman–Crippen MR) is 91.1 cm³/mol. The molecule has 2 unspecified atom stereocenters. The first-order chi connectivity index (χ1) is 10.3. The fourth-order valence-electron chi connectivity index (χ4n) is 2.60. The lowest BCUT2D eigenvalue weighted by Crippen LogP contribution is -2.52. The van der Waals surface area contributed by atoms with E-state index in [4.69, 9.17) is 34.7 Å². The zero-order chi connectivity index (χ0) is 16.3. The molecule has 1 amide bonds. The first-order valence-corrected chi connectivity index (χ1v) is 7.64. The van der Waals surface area contributed by atoms with Crippen LogP contribution in [-0.4, -0.2) is 11.9 Å². The molecule has 0 spiro atoms. The Bertz CT molecular complexity index is 676. The van der Waals surface area contributed by atoms with E-state index in [9.17, 15) is 4.79 Å². The third kappa shape index (κ3) is 3.43. The standard InChI is InChI=1S/C17H18Cl2N2O/c1-17(15(20)16(21)22,12-5-3-2-4-6-12)10-11-7-8-13(18)14(19)9-11/h2-9,15H,10,20H2,1H3,(H2,21,22). The number of halogens is 2. The summed E-state index contributed by atoms with van der Waals surface area (Å²) in [5.74, 6) is -0.536. The molecule has 0 aromatic heterocycles. The number of hydrogen-bond donors (Lipinski definition) is 2. The Morgan fingerprint density at radius 1 is 1.14 bits per heavy atom. The van der Waals surface area contributed by atoms with Crippen molar-refractivity contribution in [1.29, 1.82) is 0 Å². The summed E-state index contributed by atoms with van der Waals surface area (Å²) in [4.78, 5) is 11.7. The molecule has 0 bridgehead atoms. The normalized spacial score (nSPS) is 15.1. The zero-order valence-corrected chi connectivity index (χ0v) is 13.7. The molecule has 0 saturated carbocycles. The molecule has 0 heterocycles. The van der Waals surface area contributed by atoms with Crippen LogP contribution in [0, 0.1) is 0 Å². The van der Waals surface area contributed by atoms with Gasteiger partial charge in [0, 0.05) is 5.41 Å². The van der Waals surface area contributed by atoms with Crippen LogP contribution in [0.4, 0.5) is 0 Å². The second-order valence-corrected chi connectivity index (χ2v) is 6.40. The van der Waals surface area contributed by atoms with Crippen molar-refractivity contribution in [2.24, 2.45) is 11.5 Å². The molecule has 2 rings (SSSR count). The highest BCUT2D eigenvalue weighted by Crippen LogP contribution is 2.33. The molecule has 2 atom stereocenters. The van der Waals surface area contributed by atoms with Crippen molar-refractivity contribution < 1.29 is 4.79 Å². The Kier molecular flexibility index (Phi) is 5.12.